The fourth-order valence-electron chi connectivity index (χ4n) is 3.03. The molecule has 24 heavy (non-hydrogen) atoms. The molecule has 6 nitrogen and oxygen atoms in total. The molecule has 1 aliphatic rings. The summed E-state index contributed by atoms with van der Waals surface area (Å²) in [5.41, 5.74) is 5.55. The molecule has 0 bridgehead atoms. The van der Waals surface area contributed by atoms with Crippen LogP contribution >= 0.6 is 0 Å². The number of para-hydroxylation sites is 1. The largest absolute Gasteiger partial charge is 0.493 e. The number of benzene rings is 1. The van der Waals surface area contributed by atoms with E-state index in [1.165, 1.54) is 26.4 Å². The predicted octanol–water partition coefficient (Wildman–Crippen LogP) is 2.40. The number of amides is 2. The van der Waals surface area contributed by atoms with Gasteiger partial charge in [-0.1, -0.05) is 38.2 Å². The van der Waals surface area contributed by atoms with E-state index in [2.05, 4.69) is 5.32 Å². The van der Waals surface area contributed by atoms with Crippen molar-refractivity contribution in [3.63, 3.8) is 0 Å². The summed E-state index contributed by atoms with van der Waals surface area (Å²) in [6.07, 6.45) is 8.04. The first-order valence-electron chi connectivity index (χ1n) is 8.50. The SMILES string of the molecule is COc1cccc(C(N)=O)c1OCC(=O)NC1CCCCCCC1. The average molecular weight is 334 g/mol. The van der Waals surface area contributed by atoms with E-state index >= 15 is 0 Å². The van der Waals surface area contributed by atoms with Crippen molar-refractivity contribution in [3.8, 4) is 11.5 Å². The van der Waals surface area contributed by atoms with Gasteiger partial charge in [-0.15, -0.1) is 0 Å². The molecule has 6 heteroatoms. The molecule has 1 fully saturated rings. The van der Waals surface area contributed by atoms with Crippen LogP contribution in [0.25, 0.3) is 0 Å². The van der Waals surface area contributed by atoms with Gasteiger partial charge in [-0.25, -0.2) is 0 Å². The summed E-state index contributed by atoms with van der Waals surface area (Å²) in [5.74, 6) is -0.225. The Morgan fingerprint density at radius 1 is 1.17 bits per heavy atom. The molecule has 1 saturated carbocycles. The van der Waals surface area contributed by atoms with Gasteiger partial charge in [0.05, 0.1) is 12.7 Å². The van der Waals surface area contributed by atoms with Gasteiger partial charge in [0, 0.05) is 6.04 Å². The Bertz CT molecular complexity index is 566. The smallest absolute Gasteiger partial charge is 0.258 e. The van der Waals surface area contributed by atoms with Crippen molar-refractivity contribution in [1.29, 1.82) is 0 Å². The minimum absolute atomic E-state index is 0.169. The molecule has 0 saturated heterocycles. The molecular formula is C18H26N2O4. The van der Waals surface area contributed by atoms with Crippen molar-refractivity contribution in [2.75, 3.05) is 13.7 Å². The third kappa shape index (κ3) is 5.15. The molecule has 1 aromatic carbocycles. The highest BCUT2D eigenvalue weighted by Gasteiger charge is 2.18. The zero-order valence-electron chi connectivity index (χ0n) is 14.2. The van der Waals surface area contributed by atoms with Gasteiger partial charge in [0.15, 0.2) is 18.1 Å². The lowest BCUT2D eigenvalue weighted by Gasteiger charge is -2.21. The number of nitrogens with one attached hydrogen (secondary N) is 1. The molecule has 0 unspecified atom stereocenters. The first-order valence-corrected chi connectivity index (χ1v) is 8.50. The highest BCUT2D eigenvalue weighted by molar-refractivity contribution is 5.96. The molecule has 0 radical (unpaired) electrons. The molecular weight excluding hydrogens is 308 g/mol. The number of nitrogens with two attached hydrogens (primary N) is 1. The van der Waals surface area contributed by atoms with Crippen molar-refractivity contribution in [3.05, 3.63) is 23.8 Å². The van der Waals surface area contributed by atoms with Crippen LogP contribution in [-0.2, 0) is 4.79 Å². The highest BCUT2D eigenvalue weighted by atomic mass is 16.5. The maximum Gasteiger partial charge on any atom is 0.258 e. The van der Waals surface area contributed by atoms with E-state index in [4.69, 9.17) is 15.2 Å². The van der Waals surface area contributed by atoms with Gasteiger partial charge in [-0.3, -0.25) is 9.59 Å². The van der Waals surface area contributed by atoms with Gasteiger partial charge in [0.2, 0.25) is 0 Å². The summed E-state index contributed by atoms with van der Waals surface area (Å²) in [6, 6.07) is 5.07. The quantitative estimate of drug-likeness (QED) is 0.836. The standard InChI is InChI=1S/C18H26N2O4/c1-23-15-11-7-10-14(18(19)22)17(15)24-12-16(21)20-13-8-5-3-2-4-6-9-13/h7,10-11,13H,2-6,8-9,12H2,1H3,(H2,19,22)(H,20,21). The number of hydrogen-bond acceptors (Lipinski definition) is 4. The molecule has 3 N–H and O–H groups in total. The van der Waals surface area contributed by atoms with E-state index in [0.29, 0.717) is 5.75 Å². The maximum atomic E-state index is 12.2. The average Bonchev–Trinajstić information content (AvgIpc) is 2.54. The first kappa shape index (κ1) is 18.1. The monoisotopic (exact) mass is 334 g/mol. The molecule has 0 spiro atoms. The van der Waals surface area contributed by atoms with Crippen LogP contribution in [0.3, 0.4) is 0 Å². The third-order valence-electron chi connectivity index (χ3n) is 4.28. The number of primary amides is 1. The fraction of sp³-hybridized carbons (Fsp3) is 0.556. The summed E-state index contributed by atoms with van der Waals surface area (Å²) >= 11 is 0. The van der Waals surface area contributed by atoms with Gasteiger partial charge < -0.3 is 20.5 Å². The van der Waals surface area contributed by atoms with Crippen LogP contribution in [0.2, 0.25) is 0 Å². The van der Waals surface area contributed by atoms with Crippen LogP contribution in [0.1, 0.15) is 55.3 Å². The predicted molar refractivity (Wildman–Crippen MR) is 91.3 cm³/mol. The van der Waals surface area contributed by atoms with Gasteiger partial charge >= 0.3 is 0 Å². The van der Waals surface area contributed by atoms with Crippen molar-refractivity contribution in [1.82, 2.24) is 5.32 Å². The fourth-order valence-corrected chi connectivity index (χ4v) is 3.03. The van der Waals surface area contributed by atoms with Crippen molar-refractivity contribution in [2.45, 2.75) is 51.0 Å². The summed E-state index contributed by atoms with van der Waals surface area (Å²) in [7, 11) is 1.47. The topological polar surface area (TPSA) is 90.7 Å². The minimum Gasteiger partial charge on any atom is -0.493 e. The Morgan fingerprint density at radius 2 is 1.83 bits per heavy atom. The van der Waals surface area contributed by atoms with E-state index in [9.17, 15) is 9.59 Å². The Kier molecular flexibility index (Phi) is 6.90. The number of ether oxygens (including phenoxy) is 2. The molecule has 132 valence electrons. The van der Waals surface area contributed by atoms with E-state index in [1.54, 1.807) is 18.2 Å². The van der Waals surface area contributed by atoms with Crippen LogP contribution in [0.5, 0.6) is 11.5 Å². The summed E-state index contributed by atoms with van der Waals surface area (Å²) in [6.45, 7) is -0.169. The lowest BCUT2D eigenvalue weighted by molar-refractivity contribution is -0.124. The van der Waals surface area contributed by atoms with Gasteiger partial charge in [-0.05, 0) is 25.0 Å². The zero-order valence-corrected chi connectivity index (χ0v) is 14.2. The minimum atomic E-state index is -0.621. The second kappa shape index (κ2) is 9.15. The highest BCUT2D eigenvalue weighted by Crippen LogP contribution is 2.30. The normalized spacial score (nSPS) is 15.9. The van der Waals surface area contributed by atoms with E-state index in [-0.39, 0.29) is 29.9 Å². The summed E-state index contributed by atoms with van der Waals surface area (Å²) in [5, 5.41) is 3.02. The number of hydrogen-bond donors (Lipinski definition) is 2. The molecule has 0 aliphatic heterocycles. The Labute approximate surface area is 142 Å². The summed E-state index contributed by atoms with van der Waals surface area (Å²) < 4.78 is 10.7. The van der Waals surface area contributed by atoms with E-state index in [0.717, 1.165) is 25.7 Å². The molecule has 2 rings (SSSR count). The number of carbonyl (C=O) groups excluding carboxylic acids is 2. The number of carbonyl (C=O) groups is 2. The Balaban J connectivity index is 1.94. The molecule has 0 heterocycles. The van der Waals surface area contributed by atoms with Crippen LogP contribution in [0.4, 0.5) is 0 Å². The van der Waals surface area contributed by atoms with Crippen LogP contribution in [0.15, 0.2) is 18.2 Å². The van der Waals surface area contributed by atoms with Crippen LogP contribution in [-0.4, -0.2) is 31.6 Å². The third-order valence-corrected chi connectivity index (χ3v) is 4.28. The van der Waals surface area contributed by atoms with Crippen LogP contribution in [0, 0.1) is 0 Å². The zero-order chi connectivity index (χ0) is 17.4. The molecule has 1 aliphatic carbocycles. The first-order chi connectivity index (χ1) is 11.6. The Hall–Kier alpha value is -2.24. The van der Waals surface area contributed by atoms with Crippen molar-refractivity contribution < 1.29 is 19.1 Å². The number of rotatable bonds is 6. The maximum absolute atomic E-state index is 12.2. The number of methoxy groups -OCH3 is 1. The molecule has 1 aromatic rings. The van der Waals surface area contributed by atoms with Crippen molar-refractivity contribution >= 4 is 11.8 Å². The van der Waals surface area contributed by atoms with Gasteiger partial charge in [0.25, 0.3) is 11.8 Å². The lowest BCUT2D eigenvalue weighted by atomic mass is 9.97. The van der Waals surface area contributed by atoms with Crippen LogP contribution < -0.4 is 20.5 Å². The summed E-state index contributed by atoms with van der Waals surface area (Å²) in [4.78, 5) is 23.7. The van der Waals surface area contributed by atoms with E-state index < -0.39 is 5.91 Å². The molecule has 0 aromatic heterocycles. The second-order valence-electron chi connectivity index (χ2n) is 6.10. The molecule has 0 atom stereocenters. The van der Waals surface area contributed by atoms with E-state index in [1.807, 2.05) is 0 Å². The van der Waals surface area contributed by atoms with Gasteiger partial charge in [-0.2, -0.15) is 0 Å². The Morgan fingerprint density at radius 3 is 2.46 bits per heavy atom. The lowest BCUT2D eigenvalue weighted by Crippen LogP contribution is -2.38. The van der Waals surface area contributed by atoms with Gasteiger partial charge in [0.1, 0.15) is 0 Å². The molecule has 2 amide bonds. The van der Waals surface area contributed by atoms with Crippen molar-refractivity contribution in [2.24, 2.45) is 5.73 Å². The second-order valence-corrected chi connectivity index (χ2v) is 6.10.